The summed E-state index contributed by atoms with van der Waals surface area (Å²) in [5, 5.41) is 11.0. The number of hydrogen-bond acceptors (Lipinski definition) is 3. The summed E-state index contributed by atoms with van der Waals surface area (Å²) in [4.78, 5) is 26.8. The molecule has 7 heteroatoms. The number of hydrogen-bond donors (Lipinski definition) is 1. The Morgan fingerprint density at radius 1 is 1.11 bits per heavy atom. The molecular formula is C20H16Cl2FNO3. The van der Waals surface area contributed by atoms with Gasteiger partial charge in [0.05, 0.1) is 21.7 Å². The highest BCUT2D eigenvalue weighted by Gasteiger charge is 2.44. The summed E-state index contributed by atoms with van der Waals surface area (Å²) in [6.07, 6.45) is 0. The normalized spacial score (nSPS) is 17.2. The number of ketones is 1. The summed E-state index contributed by atoms with van der Waals surface area (Å²) < 4.78 is 13.3. The average Bonchev–Trinajstić information content (AvgIpc) is 2.89. The Balaban J connectivity index is 2.20. The fourth-order valence-corrected chi connectivity index (χ4v) is 3.34. The van der Waals surface area contributed by atoms with Crippen molar-refractivity contribution < 1.29 is 19.1 Å². The van der Waals surface area contributed by atoms with Crippen molar-refractivity contribution in [3.8, 4) is 0 Å². The predicted octanol–water partition coefficient (Wildman–Crippen LogP) is 5.26. The van der Waals surface area contributed by atoms with Gasteiger partial charge >= 0.3 is 0 Å². The van der Waals surface area contributed by atoms with Crippen LogP contribution in [0.15, 0.2) is 53.8 Å². The van der Waals surface area contributed by atoms with E-state index in [0.29, 0.717) is 16.3 Å². The van der Waals surface area contributed by atoms with E-state index >= 15 is 0 Å². The van der Waals surface area contributed by atoms with Gasteiger partial charge in [-0.3, -0.25) is 14.5 Å². The summed E-state index contributed by atoms with van der Waals surface area (Å²) in [6, 6.07) is 9.06. The van der Waals surface area contributed by atoms with Gasteiger partial charge in [-0.2, -0.15) is 0 Å². The molecule has 4 nitrogen and oxygen atoms in total. The van der Waals surface area contributed by atoms with E-state index in [1.165, 1.54) is 29.2 Å². The largest absolute Gasteiger partial charge is 0.503 e. The highest BCUT2D eigenvalue weighted by Crippen LogP contribution is 2.43. The number of rotatable bonds is 4. The van der Waals surface area contributed by atoms with Crippen LogP contribution in [0.3, 0.4) is 0 Å². The highest BCUT2D eigenvalue weighted by atomic mass is 35.5. The van der Waals surface area contributed by atoms with Gasteiger partial charge in [0.15, 0.2) is 11.5 Å². The van der Waals surface area contributed by atoms with E-state index < -0.39 is 29.4 Å². The van der Waals surface area contributed by atoms with Crippen LogP contribution in [0.4, 0.5) is 10.1 Å². The number of carbonyl (C=O) groups excluding carboxylic acids is 2. The molecule has 0 aliphatic carbocycles. The van der Waals surface area contributed by atoms with Crippen molar-refractivity contribution >= 4 is 40.6 Å². The van der Waals surface area contributed by atoms with Gasteiger partial charge < -0.3 is 5.11 Å². The third kappa shape index (κ3) is 3.45. The lowest BCUT2D eigenvalue weighted by molar-refractivity contribution is -0.119. The topological polar surface area (TPSA) is 57.6 Å². The van der Waals surface area contributed by atoms with E-state index in [0.717, 1.165) is 0 Å². The number of Topliss-reactive ketones (excluding diaryl/α,β-unsaturated/α-hetero) is 1. The van der Waals surface area contributed by atoms with Gasteiger partial charge in [0.1, 0.15) is 5.82 Å². The van der Waals surface area contributed by atoms with Crippen LogP contribution in [0.5, 0.6) is 0 Å². The summed E-state index contributed by atoms with van der Waals surface area (Å²) in [6.45, 7) is 3.36. The smallest absolute Gasteiger partial charge is 0.294 e. The fraction of sp³-hybridized carbons (Fsp3) is 0.200. The number of nitrogens with zero attached hydrogens (tertiary/aromatic N) is 1. The molecule has 0 bridgehead atoms. The molecule has 1 unspecified atom stereocenters. The number of benzene rings is 2. The van der Waals surface area contributed by atoms with Crippen LogP contribution in [-0.2, 0) is 9.59 Å². The number of aliphatic hydroxyl groups is 1. The molecule has 1 aliphatic rings. The van der Waals surface area contributed by atoms with Crippen LogP contribution in [0.25, 0.3) is 0 Å². The molecule has 3 rings (SSSR count). The zero-order valence-corrected chi connectivity index (χ0v) is 16.1. The minimum atomic E-state index is -0.896. The predicted molar refractivity (Wildman–Crippen MR) is 103 cm³/mol. The second-order valence-corrected chi connectivity index (χ2v) is 7.32. The molecule has 1 aliphatic heterocycles. The Labute approximate surface area is 165 Å². The van der Waals surface area contributed by atoms with Crippen LogP contribution in [0.2, 0.25) is 10.0 Å². The molecule has 2 aromatic rings. The van der Waals surface area contributed by atoms with Crippen LogP contribution < -0.4 is 4.90 Å². The minimum absolute atomic E-state index is 0.0160. The molecule has 27 heavy (non-hydrogen) atoms. The first-order valence-corrected chi connectivity index (χ1v) is 8.99. The third-order valence-electron chi connectivity index (χ3n) is 4.36. The van der Waals surface area contributed by atoms with Gasteiger partial charge in [-0.25, -0.2) is 4.39 Å². The number of aliphatic hydroxyl groups excluding tert-OH is 1. The van der Waals surface area contributed by atoms with E-state index in [-0.39, 0.29) is 16.4 Å². The molecule has 0 aromatic heterocycles. The summed E-state index contributed by atoms with van der Waals surface area (Å²) in [7, 11) is 0. The van der Waals surface area contributed by atoms with Gasteiger partial charge in [-0.1, -0.05) is 43.1 Å². The van der Waals surface area contributed by atoms with Gasteiger partial charge in [-0.15, -0.1) is 0 Å². The Bertz CT molecular complexity index is 954. The van der Waals surface area contributed by atoms with E-state index in [4.69, 9.17) is 23.2 Å². The molecule has 1 amide bonds. The Morgan fingerprint density at radius 2 is 1.74 bits per heavy atom. The molecule has 2 aromatic carbocycles. The summed E-state index contributed by atoms with van der Waals surface area (Å²) in [5.41, 5.74) is 0.836. The molecule has 0 radical (unpaired) electrons. The molecule has 1 heterocycles. The first-order chi connectivity index (χ1) is 12.7. The zero-order chi connectivity index (χ0) is 19.9. The number of halogens is 3. The summed E-state index contributed by atoms with van der Waals surface area (Å²) in [5.74, 6) is -2.61. The lowest BCUT2D eigenvalue weighted by Crippen LogP contribution is -2.31. The van der Waals surface area contributed by atoms with E-state index in [2.05, 4.69) is 0 Å². The molecule has 1 N–H and O–H groups in total. The molecule has 0 saturated carbocycles. The lowest BCUT2D eigenvalue weighted by Gasteiger charge is -2.27. The van der Waals surface area contributed by atoms with Gasteiger partial charge in [0.25, 0.3) is 5.91 Å². The second-order valence-electron chi connectivity index (χ2n) is 6.51. The molecule has 140 valence electrons. The van der Waals surface area contributed by atoms with Crippen molar-refractivity contribution in [3.63, 3.8) is 0 Å². The Morgan fingerprint density at radius 3 is 2.30 bits per heavy atom. The number of carbonyl (C=O) groups is 2. The third-order valence-corrected chi connectivity index (χ3v) is 5.10. The van der Waals surface area contributed by atoms with Crippen molar-refractivity contribution in [2.75, 3.05) is 4.90 Å². The maximum atomic E-state index is 13.3. The van der Waals surface area contributed by atoms with Gasteiger partial charge in [0, 0.05) is 11.6 Å². The maximum Gasteiger partial charge on any atom is 0.294 e. The van der Waals surface area contributed by atoms with Crippen molar-refractivity contribution in [2.45, 2.75) is 19.9 Å². The van der Waals surface area contributed by atoms with Gasteiger partial charge in [0.2, 0.25) is 0 Å². The zero-order valence-electron chi connectivity index (χ0n) is 14.5. The van der Waals surface area contributed by atoms with Crippen molar-refractivity contribution in [1.29, 1.82) is 0 Å². The van der Waals surface area contributed by atoms with Crippen LogP contribution in [0.1, 0.15) is 25.5 Å². The lowest BCUT2D eigenvalue weighted by atomic mass is 9.91. The van der Waals surface area contributed by atoms with Gasteiger partial charge in [-0.05, 0) is 42.0 Å². The van der Waals surface area contributed by atoms with Crippen molar-refractivity contribution in [2.24, 2.45) is 5.92 Å². The Kier molecular flexibility index (Phi) is 5.27. The summed E-state index contributed by atoms with van der Waals surface area (Å²) >= 11 is 12.1. The minimum Gasteiger partial charge on any atom is -0.503 e. The Hall–Kier alpha value is -2.37. The molecular weight excluding hydrogens is 392 g/mol. The van der Waals surface area contributed by atoms with E-state index in [1.807, 2.05) is 0 Å². The van der Waals surface area contributed by atoms with E-state index in [9.17, 15) is 19.1 Å². The molecule has 0 spiro atoms. The van der Waals surface area contributed by atoms with Crippen LogP contribution >= 0.6 is 23.2 Å². The second kappa shape index (κ2) is 7.33. The highest BCUT2D eigenvalue weighted by molar-refractivity contribution is 6.42. The van der Waals surface area contributed by atoms with Crippen molar-refractivity contribution in [1.82, 2.24) is 0 Å². The SMILES string of the molecule is CC(C)C(=O)C1=C(O)C(=O)N(c2ccc(F)cc2)C1c1ccc(Cl)c(Cl)c1. The first kappa shape index (κ1) is 19.4. The number of amides is 1. The standard InChI is InChI=1S/C20H16Cl2FNO3/c1-10(2)18(25)16-17(11-3-8-14(21)15(22)9-11)24(20(27)19(16)26)13-6-4-12(23)5-7-13/h3-10,17,26H,1-2H3. The van der Waals surface area contributed by atoms with Crippen LogP contribution in [-0.4, -0.2) is 16.8 Å². The van der Waals surface area contributed by atoms with Crippen LogP contribution in [0, 0.1) is 11.7 Å². The maximum absolute atomic E-state index is 13.3. The first-order valence-electron chi connectivity index (χ1n) is 8.23. The molecule has 0 fully saturated rings. The van der Waals surface area contributed by atoms with Crippen molar-refractivity contribution in [3.05, 3.63) is 75.2 Å². The molecule has 1 atom stereocenters. The average molecular weight is 408 g/mol. The molecule has 0 saturated heterocycles. The number of anilines is 1. The fourth-order valence-electron chi connectivity index (χ4n) is 3.03. The van der Waals surface area contributed by atoms with E-state index in [1.54, 1.807) is 32.0 Å². The monoisotopic (exact) mass is 407 g/mol. The quantitative estimate of drug-likeness (QED) is 0.751.